The Kier molecular flexibility index (Phi) is 4.28. The molecule has 0 atom stereocenters. The zero-order valence-electron chi connectivity index (χ0n) is 10.2. The molecule has 10 nitrogen and oxygen atoms in total. The van der Waals surface area contributed by atoms with Crippen molar-refractivity contribution in [3.05, 3.63) is 31.9 Å². The Bertz CT molecular complexity index is 640. The Labute approximate surface area is 110 Å². The lowest BCUT2D eigenvalue weighted by Crippen LogP contribution is -2.09. The van der Waals surface area contributed by atoms with Crippen LogP contribution in [0.3, 0.4) is 0 Å². The minimum absolute atomic E-state index is 0.647. The Balaban J connectivity index is 4.04. The molecular formula is C9H7FN4O6. The number of aromatic carboxylic acids is 1. The van der Waals surface area contributed by atoms with Crippen molar-refractivity contribution in [1.82, 2.24) is 0 Å². The topological polar surface area (TPSA) is 148 Å². The van der Waals surface area contributed by atoms with Crippen LogP contribution in [-0.4, -0.2) is 30.2 Å². The first-order valence-corrected chi connectivity index (χ1v) is 4.80. The number of ether oxygens (including phenoxy) is 2. The van der Waals surface area contributed by atoms with Gasteiger partial charge in [0, 0.05) is 4.91 Å². The Morgan fingerprint density at radius 3 is 2.35 bits per heavy atom. The normalized spacial score (nSPS) is 9.55. The van der Waals surface area contributed by atoms with Crippen molar-refractivity contribution in [2.45, 2.75) is 0 Å². The van der Waals surface area contributed by atoms with Gasteiger partial charge in [0.15, 0.2) is 17.1 Å². The number of benzene rings is 1. The zero-order chi connectivity index (χ0) is 15.4. The number of hydrogen-bond donors (Lipinski definition) is 1. The summed E-state index contributed by atoms with van der Waals surface area (Å²) in [5, 5.41) is 22.9. The highest BCUT2D eigenvalue weighted by Crippen LogP contribution is 2.48. The molecule has 20 heavy (non-hydrogen) atoms. The van der Waals surface area contributed by atoms with Gasteiger partial charge in [0.2, 0.25) is 5.75 Å². The van der Waals surface area contributed by atoms with E-state index in [1.807, 2.05) is 0 Å². The van der Waals surface area contributed by atoms with Crippen LogP contribution in [0.25, 0.3) is 10.4 Å². The third-order valence-electron chi connectivity index (χ3n) is 2.25. The highest BCUT2D eigenvalue weighted by Gasteiger charge is 2.36. The molecule has 0 unspecified atom stereocenters. The third-order valence-corrected chi connectivity index (χ3v) is 2.25. The summed E-state index contributed by atoms with van der Waals surface area (Å²) in [5.41, 5.74) is 5.34. The van der Waals surface area contributed by atoms with E-state index in [2.05, 4.69) is 19.5 Å². The molecule has 0 aliphatic heterocycles. The van der Waals surface area contributed by atoms with E-state index < -0.39 is 45.1 Å². The predicted octanol–water partition coefficient (Wildman–Crippen LogP) is 2.39. The number of carboxylic acids is 1. The number of nitrogens with zero attached hydrogens (tertiary/aromatic N) is 4. The first-order valence-electron chi connectivity index (χ1n) is 4.80. The quantitative estimate of drug-likeness (QED) is 0.289. The third kappa shape index (κ3) is 2.24. The molecule has 0 spiro atoms. The molecule has 0 fully saturated rings. The number of nitro benzene ring substituents is 1. The van der Waals surface area contributed by atoms with Gasteiger partial charge in [-0.3, -0.25) is 10.1 Å². The fraction of sp³-hybridized carbons (Fsp3) is 0.222. The Morgan fingerprint density at radius 2 is 2.00 bits per heavy atom. The van der Waals surface area contributed by atoms with Gasteiger partial charge in [0.1, 0.15) is 5.69 Å². The van der Waals surface area contributed by atoms with Crippen molar-refractivity contribution in [2.24, 2.45) is 5.11 Å². The predicted molar refractivity (Wildman–Crippen MR) is 61.9 cm³/mol. The summed E-state index contributed by atoms with van der Waals surface area (Å²) in [7, 11) is 1.95. The van der Waals surface area contributed by atoms with Gasteiger partial charge < -0.3 is 14.6 Å². The van der Waals surface area contributed by atoms with E-state index in [0.717, 1.165) is 14.2 Å². The maximum atomic E-state index is 14.0. The molecule has 106 valence electrons. The average Bonchev–Trinajstić information content (AvgIpc) is 2.38. The van der Waals surface area contributed by atoms with Crippen LogP contribution >= 0.6 is 0 Å². The second-order valence-electron chi connectivity index (χ2n) is 3.20. The second kappa shape index (κ2) is 5.71. The summed E-state index contributed by atoms with van der Waals surface area (Å²) in [4.78, 5) is 23.1. The summed E-state index contributed by atoms with van der Waals surface area (Å²) in [5.74, 6) is -4.89. The first-order chi connectivity index (χ1) is 9.40. The van der Waals surface area contributed by atoms with E-state index in [9.17, 15) is 19.3 Å². The Hall–Kier alpha value is -3.07. The van der Waals surface area contributed by atoms with Crippen LogP contribution < -0.4 is 9.47 Å². The van der Waals surface area contributed by atoms with E-state index in [-0.39, 0.29) is 0 Å². The Morgan fingerprint density at radius 1 is 1.45 bits per heavy atom. The molecule has 1 rings (SSSR count). The lowest BCUT2D eigenvalue weighted by molar-refractivity contribution is -0.386. The molecule has 0 bridgehead atoms. The van der Waals surface area contributed by atoms with Crippen LogP contribution in [0.1, 0.15) is 10.4 Å². The minimum atomic E-state index is -1.89. The van der Waals surface area contributed by atoms with Gasteiger partial charge in [-0.05, 0) is 5.53 Å². The van der Waals surface area contributed by atoms with Gasteiger partial charge in [-0.1, -0.05) is 5.11 Å². The van der Waals surface area contributed by atoms with Gasteiger partial charge in [-0.15, -0.1) is 0 Å². The number of rotatable bonds is 5. The van der Waals surface area contributed by atoms with Crippen LogP contribution in [0, 0.1) is 15.9 Å². The zero-order valence-corrected chi connectivity index (χ0v) is 10.2. The van der Waals surface area contributed by atoms with Gasteiger partial charge >= 0.3 is 11.7 Å². The minimum Gasteiger partial charge on any atom is -0.493 e. The largest absolute Gasteiger partial charge is 0.493 e. The molecule has 0 saturated carbocycles. The van der Waals surface area contributed by atoms with E-state index >= 15 is 0 Å². The van der Waals surface area contributed by atoms with Crippen LogP contribution in [0.4, 0.5) is 15.8 Å². The summed E-state index contributed by atoms with van der Waals surface area (Å²) in [6, 6.07) is 0. The highest BCUT2D eigenvalue weighted by atomic mass is 19.1. The maximum absolute atomic E-state index is 14.0. The summed E-state index contributed by atoms with van der Waals surface area (Å²) >= 11 is 0. The van der Waals surface area contributed by atoms with E-state index in [1.165, 1.54) is 0 Å². The molecule has 1 N–H and O–H groups in total. The fourth-order valence-corrected chi connectivity index (χ4v) is 1.53. The van der Waals surface area contributed by atoms with Crippen LogP contribution in [-0.2, 0) is 0 Å². The van der Waals surface area contributed by atoms with Gasteiger partial charge in [-0.25, -0.2) is 9.18 Å². The van der Waals surface area contributed by atoms with E-state index in [1.54, 1.807) is 0 Å². The lowest BCUT2D eigenvalue weighted by atomic mass is 10.1. The molecule has 0 aromatic heterocycles. The molecule has 0 aliphatic carbocycles. The fourth-order valence-electron chi connectivity index (χ4n) is 1.53. The standard InChI is InChI=1S/C9H7FN4O6/c1-19-7-4(10)3(9(15)16)6(14(17)18)8(20-2)5(7)12-13-11/h1-2H3,(H,15,16). The van der Waals surface area contributed by atoms with Crippen LogP contribution in [0.2, 0.25) is 0 Å². The number of carbonyl (C=O) groups is 1. The first kappa shape index (κ1) is 15.0. The van der Waals surface area contributed by atoms with Crippen LogP contribution in [0.15, 0.2) is 5.11 Å². The number of carboxylic acid groups (broad SMARTS) is 1. The van der Waals surface area contributed by atoms with Crippen molar-refractivity contribution >= 4 is 17.3 Å². The average molecular weight is 286 g/mol. The lowest BCUT2D eigenvalue weighted by Gasteiger charge is -2.12. The molecule has 0 amide bonds. The van der Waals surface area contributed by atoms with Crippen LogP contribution in [0.5, 0.6) is 11.5 Å². The maximum Gasteiger partial charge on any atom is 0.346 e. The number of azide groups is 1. The summed E-state index contributed by atoms with van der Waals surface area (Å²) in [6.45, 7) is 0. The van der Waals surface area contributed by atoms with Gasteiger partial charge in [-0.2, -0.15) is 0 Å². The van der Waals surface area contributed by atoms with Crippen molar-refractivity contribution in [3.63, 3.8) is 0 Å². The molecule has 0 heterocycles. The highest BCUT2D eigenvalue weighted by molar-refractivity contribution is 5.97. The molecule has 0 aliphatic rings. The molecule has 1 aromatic rings. The molecule has 1 aromatic carbocycles. The number of halogens is 1. The van der Waals surface area contributed by atoms with E-state index in [0.29, 0.717) is 0 Å². The molecular weight excluding hydrogens is 279 g/mol. The van der Waals surface area contributed by atoms with E-state index in [4.69, 9.17) is 10.6 Å². The SMILES string of the molecule is COc1c(F)c(C(=O)O)c([N+](=O)[O-])c(OC)c1N=[N+]=[N-]. The number of hydrogen-bond acceptors (Lipinski definition) is 6. The number of nitro groups is 1. The second-order valence-corrected chi connectivity index (χ2v) is 3.20. The molecule has 0 saturated heterocycles. The van der Waals surface area contributed by atoms with Crippen molar-refractivity contribution in [2.75, 3.05) is 14.2 Å². The van der Waals surface area contributed by atoms with Crippen molar-refractivity contribution < 1.29 is 28.7 Å². The summed E-state index contributed by atoms with van der Waals surface area (Å²) < 4.78 is 23.2. The smallest absolute Gasteiger partial charge is 0.346 e. The molecule has 0 radical (unpaired) electrons. The van der Waals surface area contributed by atoms with Crippen molar-refractivity contribution in [3.8, 4) is 11.5 Å². The summed E-state index contributed by atoms with van der Waals surface area (Å²) in [6.07, 6.45) is 0. The number of methoxy groups -OCH3 is 2. The monoisotopic (exact) mass is 286 g/mol. The van der Waals surface area contributed by atoms with Gasteiger partial charge in [0.25, 0.3) is 0 Å². The van der Waals surface area contributed by atoms with Gasteiger partial charge in [0.05, 0.1) is 19.1 Å². The van der Waals surface area contributed by atoms with Crippen molar-refractivity contribution in [1.29, 1.82) is 0 Å². The molecule has 11 heteroatoms.